The molecule has 0 aliphatic heterocycles. The molecule has 0 saturated heterocycles. The van der Waals surface area contributed by atoms with Gasteiger partial charge in [-0.15, -0.1) is 11.3 Å². The number of thiophene rings is 1. The Balaban J connectivity index is 1.93. The number of benzene rings is 1. The van der Waals surface area contributed by atoms with Crippen LogP contribution >= 0.6 is 11.3 Å². The van der Waals surface area contributed by atoms with Crippen LogP contribution in [-0.4, -0.2) is 5.78 Å². The molecule has 4 rings (SSSR count). The fourth-order valence-corrected chi connectivity index (χ4v) is 4.03. The van der Waals surface area contributed by atoms with Crippen molar-refractivity contribution in [1.82, 2.24) is 0 Å². The fraction of sp³-hybridized carbons (Fsp3) is 0.158. The Hall–Kier alpha value is -2.46. The summed E-state index contributed by atoms with van der Waals surface area (Å²) in [6.07, 6.45) is 3.60. The second-order valence-corrected chi connectivity index (χ2v) is 6.80. The molecule has 1 aromatic carbocycles. The maximum atomic E-state index is 13.0. The highest BCUT2D eigenvalue weighted by Gasteiger charge is 2.32. The lowest BCUT2D eigenvalue weighted by atomic mass is 9.87. The SMILES string of the molecule is C[n+]1c2c(c(N)c3ccccc31)C(=O)/C(=C\c1cccs1)CC2. The van der Waals surface area contributed by atoms with Crippen LogP contribution in [0.5, 0.6) is 0 Å². The molecule has 0 spiro atoms. The topological polar surface area (TPSA) is 47.0 Å². The van der Waals surface area contributed by atoms with Crippen LogP contribution in [0, 0.1) is 0 Å². The minimum absolute atomic E-state index is 0.0681. The Morgan fingerprint density at radius 2 is 2.00 bits per heavy atom. The van der Waals surface area contributed by atoms with Crippen LogP contribution in [0.4, 0.5) is 5.69 Å². The van der Waals surface area contributed by atoms with Crippen LogP contribution in [0.25, 0.3) is 17.0 Å². The third kappa shape index (κ3) is 2.18. The van der Waals surface area contributed by atoms with Gasteiger partial charge in [-0.1, -0.05) is 18.2 Å². The van der Waals surface area contributed by atoms with Gasteiger partial charge in [0.2, 0.25) is 5.52 Å². The van der Waals surface area contributed by atoms with E-state index >= 15 is 0 Å². The molecule has 3 aromatic rings. The molecule has 0 fully saturated rings. The average Bonchev–Trinajstić information content (AvgIpc) is 3.07. The van der Waals surface area contributed by atoms with Gasteiger partial charge in [0, 0.05) is 22.9 Å². The van der Waals surface area contributed by atoms with Crippen molar-refractivity contribution in [2.45, 2.75) is 12.8 Å². The Morgan fingerprint density at radius 1 is 1.17 bits per heavy atom. The van der Waals surface area contributed by atoms with Crippen LogP contribution < -0.4 is 10.3 Å². The Bertz CT molecular complexity index is 955. The summed E-state index contributed by atoms with van der Waals surface area (Å²) >= 11 is 1.64. The number of aryl methyl sites for hydroxylation is 1. The molecule has 2 aromatic heterocycles. The number of carbonyl (C=O) groups excluding carboxylic acids is 1. The van der Waals surface area contributed by atoms with Gasteiger partial charge < -0.3 is 5.73 Å². The molecule has 1 aliphatic rings. The van der Waals surface area contributed by atoms with Gasteiger partial charge in [-0.2, -0.15) is 4.57 Å². The minimum Gasteiger partial charge on any atom is -0.397 e. The predicted molar refractivity (Wildman–Crippen MR) is 94.5 cm³/mol. The number of rotatable bonds is 1. The average molecular weight is 321 g/mol. The van der Waals surface area contributed by atoms with E-state index in [1.165, 1.54) is 0 Å². The maximum Gasteiger partial charge on any atom is 0.214 e. The van der Waals surface area contributed by atoms with Crippen LogP contribution in [0.2, 0.25) is 0 Å². The standard InChI is InChI=1S/C19H16N2OS/c1-21-15-7-3-2-6-14(15)18(20)17-16(21)9-8-12(19(17)22)11-13-5-4-10-23-13/h2-7,10-11,20H,8-9H2,1H3/p+1/b12-11-. The third-order valence-corrected chi connectivity index (χ3v) is 5.35. The molecule has 4 heteroatoms. The summed E-state index contributed by atoms with van der Waals surface area (Å²) in [7, 11) is 2.02. The first-order valence-corrected chi connectivity index (χ1v) is 8.52. The number of aromatic nitrogens is 1. The highest BCUT2D eigenvalue weighted by molar-refractivity contribution is 7.10. The lowest BCUT2D eigenvalue weighted by Crippen LogP contribution is -2.39. The quantitative estimate of drug-likeness (QED) is 0.550. The second kappa shape index (κ2) is 5.32. The monoisotopic (exact) mass is 321 g/mol. The molecule has 23 heavy (non-hydrogen) atoms. The molecule has 0 amide bonds. The van der Waals surface area contributed by atoms with Crippen molar-refractivity contribution in [1.29, 1.82) is 0 Å². The van der Waals surface area contributed by atoms with E-state index in [2.05, 4.69) is 4.57 Å². The number of hydrogen-bond acceptors (Lipinski definition) is 3. The van der Waals surface area contributed by atoms with Crippen molar-refractivity contribution in [3.05, 3.63) is 63.5 Å². The number of pyridine rings is 1. The van der Waals surface area contributed by atoms with Gasteiger partial charge in [0.15, 0.2) is 11.5 Å². The number of Topliss-reactive ketones (excluding diaryl/α,β-unsaturated/α-hetero) is 1. The molecule has 0 saturated carbocycles. The first-order chi connectivity index (χ1) is 11.2. The summed E-state index contributed by atoms with van der Waals surface area (Å²) in [6, 6.07) is 12.0. The van der Waals surface area contributed by atoms with Gasteiger partial charge in [-0.05, 0) is 30.0 Å². The number of carbonyl (C=O) groups is 1. The summed E-state index contributed by atoms with van der Waals surface area (Å²) in [6.45, 7) is 0. The van der Waals surface area contributed by atoms with Crippen molar-refractivity contribution in [3.63, 3.8) is 0 Å². The smallest absolute Gasteiger partial charge is 0.214 e. The summed E-state index contributed by atoms with van der Waals surface area (Å²) in [5.74, 6) is 0.0681. The third-order valence-electron chi connectivity index (χ3n) is 4.53. The highest BCUT2D eigenvalue weighted by Crippen LogP contribution is 2.33. The number of anilines is 1. The van der Waals surface area contributed by atoms with E-state index in [1.807, 2.05) is 54.9 Å². The maximum absolute atomic E-state index is 13.0. The number of fused-ring (bicyclic) bond motifs is 2. The van der Waals surface area contributed by atoms with E-state index in [0.717, 1.165) is 39.9 Å². The van der Waals surface area contributed by atoms with Gasteiger partial charge in [0.1, 0.15) is 12.6 Å². The molecule has 1 aliphatic carbocycles. The van der Waals surface area contributed by atoms with E-state index in [1.54, 1.807) is 11.3 Å². The number of nitrogens with two attached hydrogens (primary N) is 1. The lowest BCUT2D eigenvalue weighted by molar-refractivity contribution is -0.653. The molecule has 0 atom stereocenters. The number of allylic oxidation sites excluding steroid dienone is 1. The molecular formula is C19H17N2OS+. The fourth-order valence-electron chi connectivity index (χ4n) is 3.35. The van der Waals surface area contributed by atoms with Crippen molar-refractivity contribution in [3.8, 4) is 0 Å². The number of hydrogen-bond donors (Lipinski definition) is 1. The number of para-hydroxylation sites is 1. The Morgan fingerprint density at radius 3 is 2.78 bits per heavy atom. The summed E-state index contributed by atoms with van der Waals surface area (Å²) in [4.78, 5) is 14.1. The second-order valence-electron chi connectivity index (χ2n) is 5.83. The zero-order chi connectivity index (χ0) is 16.0. The zero-order valence-corrected chi connectivity index (χ0v) is 13.7. The van der Waals surface area contributed by atoms with Crippen molar-refractivity contribution >= 4 is 39.8 Å². The van der Waals surface area contributed by atoms with Crippen molar-refractivity contribution in [2.75, 3.05) is 5.73 Å². The molecule has 0 radical (unpaired) electrons. The van der Waals surface area contributed by atoms with Gasteiger partial charge in [0.25, 0.3) is 0 Å². The highest BCUT2D eigenvalue weighted by atomic mass is 32.1. The Labute approximate surface area is 138 Å². The normalized spacial score (nSPS) is 16.0. The number of nitrogen functional groups attached to an aromatic ring is 1. The van der Waals surface area contributed by atoms with E-state index < -0.39 is 0 Å². The van der Waals surface area contributed by atoms with Crippen molar-refractivity contribution in [2.24, 2.45) is 7.05 Å². The zero-order valence-electron chi connectivity index (χ0n) is 12.9. The Kier molecular flexibility index (Phi) is 3.27. The van der Waals surface area contributed by atoms with Crippen LogP contribution in [-0.2, 0) is 13.5 Å². The van der Waals surface area contributed by atoms with E-state index in [0.29, 0.717) is 11.3 Å². The predicted octanol–water partition coefficient (Wildman–Crippen LogP) is 3.52. The summed E-state index contributed by atoms with van der Waals surface area (Å²) < 4.78 is 2.11. The summed E-state index contributed by atoms with van der Waals surface area (Å²) in [5, 5.41) is 2.97. The molecule has 0 unspecified atom stereocenters. The molecule has 114 valence electrons. The minimum atomic E-state index is 0.0681. The first kappa shape index (κ1) is 14.2. The van der Waals surface area contributed by atoms with E-state index in [4.69, 9.17) is 5.73 Å². The molecule has 3 nitrogen and oxygen atoms in total. The molecular weight excluding hydrogens is 304 g/mol. The van der Waals surface area contributed by atoms with Crippen LogP contribution in [0.1, 0.15) is 27.3 Å². The molecule has 0 bridgehead atoms. The number of ketones is 1. The molecule has 2 heterocycles. The van der Waals surface area contributed by atoms with Crippen LogP contribution in [0.3, 0.4) is 0 Å². The van der Waals surface area contributed by atoms with Crippen molar-refractivity contribution < 1.29 is 9.36 Å². The van der Waals surface area contributed by atoms with Gasteiger partial charge in [0.05, 0.1) is 11.1 Å². The summed E-state index contributed by atoms with van der Waals surface area (Å²) in [5.41, 5.74) is 10.6. The molecule has 2 N–H and O–H groups in total. The van der Waals surface area contributed by atoms with Crippen LogP contribution in [0.15, 0.2) is 47.4 Å². The first-order valence-electron chi connectivity index (χ1n) is 7.64. The van der Waals surface area contributed by atoms with Gasteiger partial charge in [-0.3, -0.25) is 4.79 Å². The van der Waals surface area contributed by atoms with E-state index in [9.17, 15) is 4.79 Å². The van der Waals surface area contributed by atoms with Gasteiger partial charge >= 0.3 is 0 Å². The van der Waals surface area contributed by atoms with E-state index in [-0.39, 0.29) is 5.78 Å². The largest absolute Gasteiger partial charge is 0.397 e. The number of nitrogens with zero attached hydrogens (tertiary/aromatic N) is 1. The lowest BCUT2D eigenvalue weighted by Gasteiger charge is -2.18. The van der Waals surface area contributed by atoms with Gasteiger partial charge in [-0.25, -0.2) is 0 Å².